The van der Waals surface area contributed by atoms with Gasteiger partial charge < -0.3 is 15.1 Å². The average Bonchev–Trinajstić information content (AvgIpc) is 2.74. The molecule has 1 aromatic carbocycles. The van der Waals surface area contributed by atoms with E-state index in [2.05, 4.69) is 14.9 Å². The number of anilines is 2. The minimum atomic E-state index is -3.38. The summed E-state index contributed by atoms with van der Waals surface area (Å²) in [5.74, 6) is -0.00183. The molecule has 2 N–H and O–H groups in total. The summed E-state index contributed by atoms with van der Waals surface area (Å²) in [6.07, 6.45) is 2.67. The van der Waals surface area contributed by atoms with Crippen molar-refractivity contribution >= 4 is 33.2 Å². The Labute approximate surface area is 191 Å². The predicted octanol–water partition coefficient (Wildman–Crippen LogP) is 2.57. The molecule has 8 nitrogen and oxygen atoms in total. The van der Waals surface area contributed by atoms with Gasteiger partial charge in [0.2, 0.25) is 21.8 Å². The Morgan fingerprint density at radius 3 is 2.00 bits per heavy atom. The highest BCUT2D eigenvalue weighted by molar-refractivity contribution is 7.90. The fourth-order valence-electron chi connectivity index (χ4n) is 4.15. The predicted molar refractivity (Wildman–Crippen MR) is 127 cm³/mol. The Morgan fingerprint density at radius 2 is 1.50 bits per heavy atom. The van der Waals surface area contributed by atoms with Crippen LogP contribution in [0.25, 0.3) is 0 Å². The van der Waals surface area contributed by atoms with Crippen LogP contribution in [0.1, 0.15) is 53.4 Å². The zero-order valence-corrected chi connectivity index (χ0v) is 20.4. The number of rotatable bonds is 5. The maximum atomic E-state index is 12.7. The van der Waals surface area contributed by atoms with E-state index < -0.39 is 14.8 Å². The first kappa shape index (κ1) is 24.5. The van der Waals surface area contributed by atoms with Gasteiger partial charge in [-0.2, -0.15) is 0 Å². The van der Waals surface area contributed by atoms with Crippen LogP contribution in [-0.2, 0) is 19.6 Å². The monoisotopic (exact) mass is 464 g/mol. The molecule has 1 aliphatic heterocycles. The van der Waals surface area contributed by atoms with Crippen molar-refractivity contribution in [2.24, 2.45) is 5.92 Å². The van der Waals surface area contributed by atoms with E-state index in [1.807, 2.05) is 29.2 Å². The fourth-order valence-corrected chi connectivity index (χ4v) is 5.18. The van der Waals surface area contributed by atoms with Gasteiger partial charge in [-0.25, -0.2) is 13.1 Å². The Hall–Kier alpha value is -2.13. The second-order valence-electron chi connectivity index (χ2n) is 9.81. The van der Waals surface area contributed by atoms with Crippen molar-refractivity contribution in [3.05, 3.63) is 24.3 Å². The number of amides is 2. The highest BCUT2D eigenvalue weighted by atomic mass is 32.2. The van der Waals surface area contributed by atoms with Crippen molar-refractivity contribution in [1.29, 1.82) is 0 Å². The Morgan fingerprint density at radius 1 is 0.938 bits per heavy atom. The molecule has 1 heterocycles. The molecule has 0 radical (unpaired) electrons. The van der Waals surface area contributed by atoms with Gasteiger partial charge in [-0.05, 0) is 70.7 Å². The van der Waals surface area contributed by atoms with Crippen molar-refractivity contribution in [2.75, 3.05) is 36.4 Å². The van der Waals surface area contributed by atoms with Crippen LogP contribution in [0.3, 0.4) is 0 Å². The summed E-state index contributed by atoms with van der Waals surface area (Å²) >= 11 is 0. The third kappa shape index (κ3) is 6.01. The molecule has 0 unspecified atom stereocenters. The zero-order chi connectivity index (χ0) is 23.5. The standard InChI is InChI=1S/C23H36N4O4S/c1-17(28)26-13-15-27(16-14-26)21-11-9-19(10-12-21)24-22(29)18-5-7-20(8-6-18)25-32(30,31)23(2,3)4/h9-12,18,20,25H,5-8,13-16H2,1-4H3,(H,24,29)/t18-,20-. The summed E-state index contributed by atoms with van der Waals surface area (Å²) in [5, 5.41) is 3.00. The lowest BCUT2D eigenvalue weighted by atomic mass is 9.86. The molecule has 2 aliphatic rings. The van der Waals surface area contributed by atoms with E-state index in [1.54, 1.807) is 27.7 Å². The van der Waals surface area contributed by atoms with Crippen LogP contribution in [-0.4, -0.2) is 62.1 Å². The van der Waals surface area contributed by atoms with E-state index >= 15 is 0 Å². The van der Waals surface area contributed by atoms with Crippen LogP contribution in [0.5, 0.6) is 0 Å². The smallest absolute Gasteiger partial charge is 0.227 e. The molecule has 178 valence electrons. The SMILES string of the molecule is CC(=O)N1CCN(c2ccc(NC(=O)[C@H]3CC[C@H](NS(=O)(=O)C(C)(C)C)CC3)cc2)CC1. The minimum Gasteiger partial charge on any atom is -0.368 e. The number of hydrogen-bond donors (Lipinski definition) is 2. The molecular weight excluding hydrogens is 428 g/mol. The first-order valence-corrected chi connectivity index (χ1v) is 12.9. The Balaban J connectivity index is 1.47. The van der Waals surface area contributed by atoms with Crippen LogP contribution in [0.4, 0.5) is 11.4 Å². The Kier molecular flexibility index (Phi) is 7.50. The summed E-state index contributed by atoms with van der Waals surface area (Å²) in [6.45, 7) is 9.71. The van der Waals surface area contributed by atoms with E-state index in [9.17, 15) is 18.0 Å². The third-order valence-electron chi connectivity index (χ3n) is 6.45. The number of piperazine rings is 1. The molecule has 0 spiro atoms. The lowest BCUT2D eigenvalue weighted by Crippen LogP contribution is -2.48. The number of sulfonamides is 1. The van der Waals surface area contributed by atoms with E-state index in [0.717, 1.165) is 37.6 Å². The first-order chi connectivity index (χ1) is 15.0. The molecule has 1 saturated heterocycles. The molecular formula is C23H36N4O4S. The van der Waals surface area contributed by atoms with Gasteiger partial charge in [0.15, 0.2) is 0 Å². The molecule has 0 atom stereocenters. The first-order valence-electron chi connectivity index (χ1n) is 11.4. The zero-order valence-electron chi connectivity index (χ0n) is 19.6. The van der Waals surface area contributed by atoms with Gasteiger partial charge in [0.25, 0.3) is 0 Å². The van der Waals surface area contributed by atoms with Gasteiger partial charge in [0.1, 0.15) is 0 Å². The van der Waals surface area contributed by atoms with Crippen LogP contribution in [0.15, 0.2) is 24.3 Å². The molecule has 0 bridgehead atoms. The van der Waals surface area contributed by atoms with E-state index in [4.69, 9.17) is 0 Å². The molecule has 1 aliphatic carbocycles. The van der Waals surface area contributed by atoms with Gasteiger partial charge in [-0.1, -0.05) is 0 Å². The van der Waals surface area contributed by atoms with Crippen molar-refractivity contribution < 1.29 is 18.0 Å². The molecule has 1 aromatic rings. The molecule has 3 rings (SSSR count). The fraction of sp³-hybridized carbons (Fsp3) is 0.652. The maximum Gasteiger partial charge on any atom is 0.227 e. The van der Waals surface area contributed by atoms with Crippen molar-refractivity contribution in [3.8, 4) is 0 Å². The third-order valence-corrected chi connectivity index (χ3v) is 8.71. The van der Waals surface area contributed by atoms with Crippen molar-refractivity contribution in [3.63, 3.8) is 0 Å². The number of benzene rings is 1. The van der Waals surface area contributed by atoms with Crippen molar-refractivity contribution in [1.82, 2.24) is 9.62 Å². The quantitative estimate of drug-likeness (QED) is 0.698. The van der Waals surface area contributed by atoms with Crippen LogP contribution >= 0.6 is 0 Å². The second kappa shape index (κ2) is 9.79. The van der Waals surface area contributed by atoms with Gasteiger partial charge in [0, 0.05) is 56.4 Å². The summed E-state index contributed by atoms with van der Waals surface area (Å²) in [5.41, 5.74) is 1.84. The largest absolute Gasteiger partial charge is 0.368 e. The molecule has 2 amide bonds. The van der Waals surface area contributed by atoms with Gasteiger partial charge in [-0.3, -0.25) is 9.59 Å². The number of carbonyl (C=O) groups excluding carboxylic acids is 2. The maximum absolute atomic E-state index is 12.7. The number of nitrogens with one attached hydrogen (secondary N) is 2. The van der Waals surface area contributed by atoms with Crippen LogP contribution in [0.2, 0.25) is 0 Å². The average molecular weight is 465 g/mol. The van der Waals surface area contributed by atoms with E-state index in [-0.39, 0.29) is 23.8 Å². The molecule has 1 saturated carbocycles. The molecule has 9 heteroatoms. The molecule has 2 fully saturated rings. The highest BCUT2D eigenvalue weighted by Crippen LogP contribution is 2.28. The summed E-state index contributed by atoms with van der Waals surface area (Å²) in [7, 11) is -3.38. The topological polar surface area (TPSA) is 98.8 Å². The Bertz CT molecular complexity index is 908. The van der Waals surface area contributed by atoms with E-state index in [1.165, 1.54) is 0 Å². The molecule has 32 heavy (non-hydrogen) atoms. The second-order valence-corrected chi connectivity index (χ2v) is 12.3. The van der Waals surface area contributed by atoms with Crippen molar-refractivity contribution in [2.45, 2.75) is 64.2 Å². The van der Waals surface area contributed by atoms with Gasteiger partial charge in [0.05, 0.1) is 4.75 Å². The summed E-state index contributed by atoms with van der Waals surface area (Å²) < 4.78 is 26.7. The normalized spacial score (nSPS) is 22.5. The highest BCUT2D eigenvalue weighted by Gasteiger charge is 2.34. The van der Waals surface area contributed by atoms with Crippen LogP contribution in [0, 0.1) is 5.92 Å². The molecule has 0 aromatic heterocycles. The van der Waals surface area contributed by atoms with Gasteiger partial charge in [-0.15, -0.1) is 0 Å². The van der Waals surface area contributed by atoms with E-state index in [0.29, 0.717) is 25.7 Å². The number of carbonyl (C=O) groups is 2. The number of nitrogens with zero attached hydrogens (tertiary/aromatic N) is 2. The van der Waals surface area contributed by atoms with Gasteiger partial charge >= 0.3 is 0 Å². The summed E-state index contributed by atoms with van der Waals surface area (Å²) in [6, 6.07) is 7.71. The lowest BCUT2D eigenvalue weighted by Gasteiger charge is -2.35. The number of hydrogen-bond acceptors (Lipinski definition) is 5. The van der Waals surface area contributed by atoms with Crippen LogP contribution < -0.4 is 14.9 Å². The minimum absolute atomic E-state index is 0.00930. The lowest BCUT2D eigenvalue weighted by molar-refractivity contribution is -0.129. The summed E-state index contributed by atoms with van der Waals surface area (Å²) in [4.78, 5) is 28.3.